The van der Waals surface area contributed by atoms with E-state index in [0.29, 0.717) is 25.5 Å². The maximum atomic E-state index is 11.9. The molecule has 0 saturated heterocycles. The Hall–Kier alpha value is -2.48. The second-order valence-corrected chi connectivity index (χ2v) is 4.47. The van der Waals surface area contributed by atoms with Gasteiger partial charge < -0.3 is 16.0 Å². The molecule has 5 nitrogen and oxygen atoms in total. The number of carbonyl (C=O) groups is 1. The minimum absolute atomic E-state index is 0.0552. The fourth-order valence-corrected chi connectivity index (χ4v) is 2.25. The van der Waals surface area contributed by atoms with Gasteiger partial charge in [-0.15, -0.1) is 6.42 Å². The number of anilines is 1. The molecule has 1 unspecified atom stereocenters. The van der Waals surface area contributed by atoms with E-state index in [2.05, 4.69) is 26.9 Å². The van der Waals surface area contributed by atoms with Gasteiger partial charge in [0.05, 0.1) is 12.5 Å². The van der Waals surface area contributed by atoms with Gasteiger partial charge in [0.25, 0.3) is 0 Å². The number of para-hydroxylation sites is 1. The Kier molecular flexibility index (Phi) is 4.61. The van der Waals surface area contributed by atoms with Crippen LogP contribution in [0.2, 0.25) is 0 Å². The quantitative estimate of drug-likeness (QED) is 0.433. The van der Waals surface area contributed by atoms with Gasteiger partial charge in [-0.25, -0.2) is 0 Å². The van der Waals surface area contributed by atoms with E-state index in [9.17, 15) is 4.79 Å². The Morgan fingerprint density at radius 3 is 3.00 bits per heavy atom. The van der Waals surface area contributed by atoms with Crippen LogP contribution in [-0.4, -0.2) is 32.0 Å². The van der Waals surface area contributed by atoms with Gasteiger partial charge >= 0.3 is 0 Å². The number of aliphatic imine (C=N–C) groups is 1. The van der Waals surface area contributed by atoms with Crippen LogP contribution in [0.15, 0.2) is 29.3 Å². The first kappa shape index (κ1) is 13.9. The van der Waals surface area contributed by atoms with E-state index in [4.69, 9.17) is 6.42 Å². The van der Waals surface area contributed by atoms with Gasteiger partial charge in [0.15, 0.2) is 5.96 Å². The number of terminal acetylenes is 1. The first-order valence-corrected chi connectivity index (χ1v) is 6.54. The molecule has 1 aliphatic heterocycles. The summed E-state index contributed by atoms with van der Waals surface area (Å²) < 4.78 is 0. The van der Waals surface area contributed by atoms with Crippen molar-refractivity contribution in [2.75, 3.05) is 25.5 Å². The lowest BCUT2D eigenvalue weighted by Gasteiger charge is -2.12. The van der Waals surface area contributed by atoms with Crippen molar-refractivity contribution >= 4 is 17.6 Å². The van der Waals surface area contributed by atoms with Crippen molar-refractivity contribution < 1.29 is 4.79 Å². The van der Waals surface area contributed by atoms with Gasteiger partial charge in [-0.3, -0.25) is 9.79 Å². The summed E-state index contributed by atoms with van der Waals surface area (Å²) in [6, 6.07) is 7.79. The van der Waals surface area contributed by atoms with Crippen LogP contribution in [0.1, 0.15) is 17.9 Å². The minimum atomic E-state index is -0.107. The van der Waals surface area contributed by atoms with E-state index in [1.807, 2.05) is 24.3 Å². The average Bonchev–Trinajstić information content (AvgIpc) is 2.78. The lowest BCUT2D eigenvalue weighted by atomic mass is 9.97. The predicted molar refractivity (Wildman–Crippen MR) is 80.6 cm³/mol. The Labute approximate surface area is 118 Å². The number of nitrogens with one attached hydrogen (secondary N) is 3. The highest BCUT2D eigenvalue weighted by atomic mass is 16.2. The normalized spacial score (nSPS) is 17.1. The summed E-state index contributed by atoms with van der Waals surface area (Å²) in [6.45, 7) is 1.07. The molecule has 0 fully saturated rings. The molecule has 1 aromatic rings. The molecule has 0 aliphatic carbocycles. The molecule has 0 spiro atoms. The van der Waals surface area contributed by atoms with Gasteiger partial charge in [-0.2, -0.15) is 0 Å². The number of fused-ring (bicyclic) bond motifs is 1. The SMILES string of the molecule is C#CCNC(=NC)NCCC1C(=O)Nc2ccccc21. The molecular weight excluding hydrogens is 252 g/mol. The lowest BCUT2D eigenvalue weighted by Crippen LogP contribution is -2.38. The zero-order valence-electron chi connectivity index (χ0n) is 11.4. The van der Waals surface area contributed by atoms with Crippen LogP contribution in [0.25, 0.3) is 0 Å². The third kappa shape index (κ3) is 3.09. The van der Waals surface area contributed by atoms with E-state index in [0.717, 1.165) is 11.3 Å². The second-order valence-electron chi connectivity index (χ2n) is 4.47. The summed E-state index contributed by atoms with van der Waals surface area (Å²) in [4.78, 5) is 16.0. The molecule has 20 heavy (non-hydrogen) atoms. The fourth-order valence-electron chi connectivity index (χ4n) is 2.25. The average molecular weight is 270 g/mol. The number of nitrogens with zero attached hydrogens (tertiary/aromatic N) is 1. The molecule has 0 bridgehead atoms. The third-order valence-electron chi connectivity index (χ3n) is 3.22. The number of hydrogen-bond acceptors (Lipinski definition) is 2. The van der Waals surface area contributed by atoms with Gasteiger partial charge in [-0.1, -0.05) is 24.1 Å². The van der Waals surface area contributed by atoms with Crippen LogP contribution in [0, 0.1) is 12.3 Å². The highest BCUT2D eigenvalue weighted by molar-refractivity contribution is 6.02. The third-order valence-corrected chi connectivity index (χ3v) is 3.22. The van der Waals surface area contributed by atoms with Crippen molar-refractivity contribution in [2.45, 2.75) is 12.3 Å². The van der Waals surface area contributed by atoms with E-state index >= 15 is 0 Å². The number of hydrogen-bond donors (Lipinski definition) is 3. The molecule has 5 heteroatoms. The zero-order valence-corrected chi connectivity index (χ0v) is 11.4. The zero-order chi connectivity index (χ0) is 14.4. The van der Waals surface area contributed by atoms with E-state index in [1.165, 1.54) is 0 Å². The summed E-state index contributed by atoms with van der Waals surface area (Å²) >= 11 is 0. The monoisotopic (exact) mass is 270 g/mol. The summed E-state index contributed by atoms with van der Waals surface area (Å²) in [5.41, 5.74) is 1.98. The Balaban J connectivity index is 1.89. The van der Waals surface area contributed by atoms with E-state index in [1.54, 1.807) is 7.05 Å². The highest BCUT2D eigenvalue weighted by Crippen LogP contribution is 2.33. The van der Waals surface area contributed by atoms with Crippen molar-refractivity contribution in [3.8, 4) is 12.3 Å². The Bertz CT molecular complexity index is 559. The van der Waals surface area contributed by atoms with Gasteiger partial charge in [0.2, 0.25) is 5.91 Å². The summed E-state index contributed by atoms with van der Waals surface area (Å²) in [6.07, 6.45) is 5.89. The minimum Gasteiger partial charge on any atom is -0.356 e. The van der Waals surface area contributed by atoms with Crippen LogP contribution in [-0.2, 0) is 4.79 Å². The topological polar surface area (TPSA) is 65.5 Å². The highest BCUT2D eigenvalue weighted by Gasteiger charge is 2.29. The maximum absolute atomic E-state index is 11.9. The van der Waals surface area contributed by atoms with E-state index in [-0.39, 0.29) is 11.8 Å². The Morgan fingerprint density at radius 1 is 1.45 bits per heavy atom. The molecule has 0 saturated carbocycles. The van der Waals surface area contributed by atoms with Gasteiger partial charge in [-0.05, 0) is 18.1 Å². The lowest BCUT2D eigenvalue weighted by molar-refractivity contribution is -0.117. The molecule has 2 rings (SSSR count). The molecule has 0 aromatic heterocycles. The van der Waals surface area contributed by atoms with Crippen molar-refractivity contribution in [1.82, 2.24) is 10.6 Å². The standard InChI is InChI=1S/C15H18N4O/c1-3-9-17-15(16-2)18-10-8-12-11-6-4-5-7-13(11)19-14(12)20/h1,4-7,12H,8-10H2,2H3,(H,19,20)(H2,16,17,18). The summed E-state index contributed by atoms with van der Waals surface area (Å²) in [5, 5.41) is 9.02. The van der Waals surface area contributed by atoms with Crippen LogP contribution in [0.5, 0.6) is 0 Å². The van der Waals surface area contributed by atoms with Crippen LogP contribution in [0.3, 0.4) is 0 Å². The molecule has 3 N–H and O–H groups in total. The number of amides is 1. The number of rotatable bonds is 4. The largest absolute Gasteiger partial charge is 0.356 e. The predicted octanol–water partition coefficient (Wildman–Crippen LogP) is 0.911. The molecule has 104 valence electrons. The maximum Gasteiger partial charge on any atom is 0.232 e. The second kappa shape index (κ2) is 6.62. The van der Waals surface area contributed by atoms with Gasteiger partial charge in [0, 0.05) is 19.3 Å². The summed E-state index contributed by atoms with van der Waals surface area (Å²) in [5.74, 6) is 3.08. The van der Waals surface area contributed by atoms with Crippen LogP contribution in [0.4, 0.5) is 5.69 Å². The first-order chi connectivity index (χ1) is 9.76. The van der Waals surface area contributed by atoms with Crippen molar-refractivity contribution in [2.24, 2.45) is 4.99 Å². The van der Waals surface area contributed by atoms with Crippen molar-refractivity contribution in [1.29, 1.82) is 0 Å². The number of benzene rings is 1. The molecule has 1 heterocycles. The first-order valence-electron chi connectivity index (χ1n) is 6.54. The fraction of sp³-hybridized carbons (Fsp3) is 0.333. The summed E-state index contributed by atoms with van der Waals surface area (Å²) in [7, 11) is 1.68. The smallest absolute Gasteiger partial charge is 0.232 e. The van der Waals surface area contributed by atoms with Crippen LogP contribution >= 0.6 is 0 Å². The van der Waals surface area contributed by atoms with E-state index < -0.39 is 0 Å². The Morgan fingerprint density at radius 2 is 2.25 bits per heavy atom. The molecule has 0 radical (unpaired) electrons. The number of guanidine groups is 1. The molecule has 1 aromatic carbocycles. The molecule has 1 atom stereocenters. The number of carbonyl (C=O) groups excluding carboxylic acids is 1. The molecule has 1 amide bonds. The van der Waals surface area contributed by atoms with Crippen molar-refractivity contribution in [3.63, 3.8) is 0 Å². The van der Waals surface area contributed by atoms with Gasteiger partial charge in [0.1, 0.15) is 0 Å². The van der Waals surface area contributed by atoms with Crippen molar-refractivity contribution in [3.05, 3.63) is 29.8 Å². The molecular formula is C15H18N4O. The van der Waals surface area contributed by atoms with Crippen LogP contribution < -0.4 is 16.0 Å². The molecule has 1 aliphatic rings.